The summed E-state index contributed by atoms with van der Waals surface area (Å²) in [5, 5.41) is 3.54. The SMILES string of the molecule is CN(C)CCCCNC1C(F)CC2C(=O)C(C(=O)N(C)CCc3ccccn3)=CN3C4CCC5CCCCC5C4OC1C23. The normalized spacial score (nSPS) is 35.1. The lowest BCUT2D eigenvalue weighted by Crippen LogP contribution is -2.74. The number of unbranched alkanes of at least 4 members (excludes halogenated alkanes) is 1. The molecule has 1 N–H and O–H groups in total. The highest BCUT2D eigenvalue weighted by atomic mass is 19.1. The Morgan fingerprint density at radius 1 is 1.09 bits per heavy atom. The van der Waals surface area contributed by atoms with Gasteiger partial charge < -0.3 is 24.8 Å². The van der Waals surface area contributed by atoms with Gasteiger partial charge in [0, 0.05) is 44.0 Å². The quantitative estimate of drug-likeness (QED) is 0.327. The molecule has 236 valence electrons. The fourth-order valence-corrected chi connectivity index (χ4v) is 8.71. The van der Waals surface area contributed by atoms with E-state index in [2.05, 4.69) is 34.2 Å². The molecule has 4 fully saturated rings. The minimum Gasteiger partial charge on any atom is -0.369 e. The van der Waals surface area contributed by atoms with Crippen LogP contribution in [0.5, 0.6) is 0 Å². The molecule has 5 aliphatic rings. The van der Waals surface area contributed by atoms with Crippen LogP contribution in [0.4, 0.5) is 4.39 Å². The summed E-state index contributed by atoms with van der Waals surface area (Å²) in [6.07, 6.45) is 11.8. The lowest BCUT2D eigenvalue weighted by molar-refractivity contribution is -0.220. The molecule has 3 heterocycles. The van der Waals surface area contributed by atoms with Gasteiger partial charge in [-0.1, -0.05) is 25.3 Å². The number of Topliss-reactive ketones (excluding diaryl/α,β-unsaturated/α-hetero) is 1. The molecule has 3 saturated carbocycles. The Hall–Kier alpha value is -2.36. The van der Waals surface area contributed by atoms with Crippen LogP contribution in [0, 0.1) is 17.8 Å². The first-order valence-corrected chi connectivity index (χ1v) is 16.7. The average molecular weight is 596 g/mol. The highest BCUT2D eigenvalue weighted by molar-refractivity contribution is 6.20. The number of morpholine rings is 1. The topological polar surface area (TPSA) is 78.0 Å². The number of pyridine rings is 1. The largest absolute Gasteiger partial charge is 0.369 e. The van der Waals surface area contributed by atoms with Gasteiger partial charge in [-0.2, -0.15) is 0 Å². The van der Waals surface area contributed by atoms with Gasteiger partial charge in [0.1, 0.15) is 6.17 Å². The van der Waals surface area contributed by atoms with Crippen molar-refractivity contribution in [2.75, 3.05) is 40.8 Å². The number of likely N-dealkylation sites (N-methyl/N-ethyl adjacent to an activating group) is 1. The predicted molar refractivity (Wildman–Crippen MR) is 164 cm³/mol. The van der Waals surface area contributed by atoms with Gasteiger partial charge in [-0.25, -0.2) is 4.39 Å². The zero-order valence-electron chi connectivity index (χ0n) is 26.2. The molecule has 1 amide bonds. The van der Waals surface area contributed by atoms with Crippen molar-refractivity contribution < 1.29 is 18.7 Å². The lowest BCUT2D eigenvalue weighted by Gasteiger charge is -2.61. The van der Waals surface area contributed by atoms with Crippen LogP contribution in [0.25, 0.3) is 0 Å². The molecule has 0 aromatic carbocycles. The highest BCUT2D eigenvalue weighted by Gasteiger charge is 2.60. The van der Waals surface area contributed by atoms with E-state index in [1.54, 1.807) is 18.1 Å². The van der Waals surface area contributed by atoms with E-state index < -0.39 is 24.2 Å². The van der Waals surface area contributed by atoms with E-state index in [-0.39, 0.29) is 41.9 Å². The Balaban J connectivity index is 1.26. The minimum absolute atomic E-state index is 0.00646. The van der Waals surface area contributed by atoms with Crippen molar-refractivity contribution in [1.82, 2.24) is 25.0 Å². The number of amides is 1. The number of ketones is 1. The number of carbonyl (C=O) groups excluding carboxylic acids is 2. The van der Waals surface area contributed by atoms with E-state index in [9.17, 15) is 9.59 Å². The lowest BCUT2D eigenvalue weighted by atomic mass is 9.64. The molecule has 9 atom stereocenters. The third-order valence-corrected chi connectivity index (χ3v) is 10.9. The summed E-state index contributed by atoms with van der Waals surface area (Å²) < 4.78 is 23.1. The number of nitrogens with zero attached hydrogens (tertiary/aromatic N) is 4. The molecule has 1 saturated heterocycles. The summed E-state index contributed by atoms with van der Waals surface area (Å²) in [7, 11) is 5.89. The van der Waals surface area contributed by atoms with E-state index in [1.165, 1.54) is 19.3 Å². The minimum atomic E-state index is -1.20. The summed E-state index contributed by atoms with van der Waals surface area (Å²) in [6.45, 7) is 2.19. The van der Waals surface area contributed by atoms with Crippen LogP contribution in [0.2, 0.25) is 0 Å². The number of rotatable bonds is 10. The van der Waals surface area contributed by atoms with Gasteiger partial charge in [0.05, 0.1) is 35.9 Å². The first-order valence-electron chi connectivity index (χ1n) is 16.7. The van der Waals surface area contributed by atoms with Crippen LogP contribution in [0.15, 0.2) is 36.2 Å². The number of aromatic nitrogens is 1. The number of carbonyl (C=O) groups is 2. The van der Waals surface area contributed by atoms with E-state index in [0.717, 1.165) is 50.9 Å². The number of hydrogen-bond donors (Lipinski definition) is 1. The molecule has 2 aliphatic heterocycles. The van der Waals surface area contributed by atoms with Crippen molar-refractivity contribution >= 4 is 11.7 Å². The Morgan fingerprint density at radius 2 is 1.93 bits per heavy atom. The van der Waals surface area contributed by atoms with Crippen molar-refractivity contribution in [2.24, 2.45) is 17.8 Å². The second-order valence-corrected chi connectivity index (χ2v) is 13.9. The zero-order chi connectivity index (χ0) is 30.1. The maximum absolute atomic E-state index is 16.1. The maximum Gasteiger partial charge on any atom is 0.258 e. The van der Waals surface area contributed by atoms with E-state index in [4.69, 9.17) is 4.74 Å². The van der Waals surface area contributed by atoms with Crippen LogP contribution in [0.3, 0.4) is 0 Å². The van der Waals surface area contributed by atoms with Gasteiger partial charge in [-0.15, -0.1) is 0 Å². The second kappa shape index (κ2) is 13.3. The first-order chi connectivity index (χ1) is 20.8. The molecule has 9 unspecified atom stereocenters. The molecular formula is C34H50FN5O3. The molecule has 1 aromatic heterocycles. The summed E-state index contributed by atoms with van der Waals surface area (Å²) in [5.41, 5.74) is 1.11. The van der Waals surface area contributed by atoms with E-state index >= 15 is 4.39 Å². The van der Waals surface area contributed by atoms with Gasteiger partial charge in [0.2, 0.25) is 0 Å². The molecular weight excluding hydrogens is 545 g/mol. The first kappa shape index (κ1) is 30.7. The molecule has 8 nitrogen and oxygen atoms in total. The molecule has 6 rings (SSSR count). The second-order valence-electron chi connectivity index (χ2n) is 13.9. The summed E-state index contributed by atoms with van der Waals surface area (Å²) in [5.74, 6) is 0.0332. The van der Waals surface area contributed by atoms with Gasteiger partial charge in [0.15, 0.2) is 5.78 Å². The average Bonchev–Trinajstić information content (AvgIpc) is 3.01. The number of hydrogen-bond acceptors (Lipinski definition) is 7. The standard InChI is InChI=1S/C34H50FN5O3/c1-38(2)18-9-8-17-37-29-27(35)20-25-30-33(29)43-32-24-12-5-4-10-22(24)13-14-28(32)40(30)21-26(31(25)41)34(42)39(3)19-15-23-11-6-7-16-36-23/h6-7,11,16,21-22,24-25,27-30,32-33,37H,4-5,8-10,12-15,17-20H2,1-3H3. The molecule has 1 aromatic rings. The van der Waals surface area contributed by atoms with Crippen LogP contribution >= 0.6 is 0 Å². The van der Waals surface area contributed by atoms with Crippen molar-refractivity contribution in [3.8, 4) is 0 Å². The van der Waals surface area contributed by atoms with Crippen LogP contribution in [-0.4, -0.2) is 109 Å². The molecule has 9 heteroatoms. The van der Waals surface area contributed by atoms with Crippen LogP contribution in [0.1, 0.15) is 63.5 Å². The fraction of sp³-hybridized carbons (Fsp3) is 0.735. The van der Waals surface area contributed by atoms with Crippen LogP contribution < -0.4 is 5.32 Å². The maximum atomic E-state index is 16.1. The Labute approximate surface area is 256 Å². The highest BCUT2D eigenvalue weighted by Crippen LogP contribution is 2.50. The van der Waals surface area contributed by atoms with Crippen LogP contribution in [-0.2, 0) is 20.7 Å². The smallest absolute Gasteiger partial charge is 0.258 e. The summed E-state index contributed by atoms with van der Waals surface area (Å²) in [6, 6.07) is 5.18. The van der Waals surface area contributed by atoms with Crippen molar-refractivity contribution in [3.63, 3.8) is 0 Å². The third-order valence-electron chi connectivity index (χ3n) is 10.9. The Morgan fingerprint density at radius 3 is 2.72 bits per heavy atom. The predicted octanol–water partition coefficient (Wildman–Crippen LogP) is 3.61. The Bertz CT molecular complexity index is 1160. The summed E-state index contributed by atoms with van der Waals surface area (Å²) in [4.78, 5) is 38.3. The van der Waals surface area contributed by atoms with E-state index in [0.29, 0.717) is 24.8 Å². The summed E-state index contributed by atoms with van der Waals surface area (Å²) >= 11 is 0. The zero-order valence-corrected chi connectivity index (χ0v) is 26.2. The molecule has 0 spiro atoms. The Kier molecular flexibility index (Phi) is 9.50. The van der Waals surface area contributed by atoms with Crippen molar-refractivity contribution in [3.05, 3.63) is 41.9 Å². The van der Waals surface area contributed by atoms with Crippen molar-refractivity contribution in [2.45, 2.75) is 101 Å². The molecule has 0 radical (unpaired) electrons. The van der Waals surface area contributed by atoms with Crippen molar-refractivity contribution in [1.29, 1.82) is 0 Å². The number of alkyl halides is 1. The monoisotopic (exact) mass is 595 g/mol. The number of halogens is 1. The molecule has 0 bridgehead atoms. The fourth-order valence-electron chi connectivity index (χ4n) is 8.71. The van der Waals surface area contributed by atoms with E-state index in [1.807, 2.05) is 24.4 Å². The molecule has 43 heavy (non-hydrogen) atoms. The third kappa shape index (κ3) is 6.27. The number of fused-ring (bicyclic) bond motifs is 4. The van der Waals surface area contributed by atoms with Gasteiger partial charge in [-0.3, -0.25) is 14.6 Å². The number of ether oxygens (including phenoxy) is 1. The van der Waals surface area contributed by atoms with Gasteiger partial charge in [-0.05, 0) is 89.7 Å². The molecule has 3 aliphatic carbocycles. The van der Waals surface area contributed by atoms with Gasteiger partial charge in [0.25, 0.3) is 5.91 Å². The van der Waals surface area contributed by atoms with Gasteiger partial charge >= 0.3 is 0 Å². The number of nitrogens with one attached hydrogen (secondary N) is 1.